The van der Waals surface area contributed by atoms with Crippen LogP contribution in [0.15, 0.2) is 36.4 Å². The number of aliphatic hydroxyl groups is 1. The van der Waals surface area contributed by atoms with Gasteiger partial charge in [0.05, 0.1) is 5.52 Å². The normalized spacial score (nSPS) is 10.6. The SMILES string of the molecule is O=C(CCCO)Cc1ccc2ccccc2n1. The molecule has 0 atom stereocenters. The van der Waals surface area contributed by atoms with E-state index in [9.17, 15) is 4.79 Å². The summed E-state index contributed by atoms with van der Waals surface area (Å²) in [5.74, 6) is 0.127. The first-order valence-corrected chi connectivity index (χ1v) is 5.77. The van der Waals surface area contributed by atoms with Gasteiger partial charge in [0.2, 0.25) is 0 Å². The first kappa shape index (κ1) is 11.7. The number of hydrogen-bond donors (Lipinski definition) is 1. The van der Waals surface area contributed by atoms with E-state index in [1.54, 1.807) is 0 Å². The van der Waals surface area contributed by atoms with Crippen LogP contribution in [-0.2, 0) is 11.2 Å². The van der Waals surface area contributed by atoms with Gasteiger partial charge in [0.1, 0.15) is 5.78 Å². The van der Waals surface area contributed by atoms with Gasteiger partial charge in [-0.1, -0.05) is 24.3 Å². The molecule has 2 aromatic rings. The second-order valence-electron chi connectivity index (χ2n) is 4.04. The summed E-state index contributed by atoms with van der Waals surface area (Å²) in [5.41, 5.74) is 1.71. The van der Waals surface area contributed by atoms with Crippen molar-refractivity contribution in [1.82, 2.24) is 4.98 Å². The zero-order chi connectivity index (χ0) is 12.1. The Morgan fingerprint density at radius 1 is 1.18 bits per heavy atom. The number of pyridine rings is 1. The molecule has 0 aliphatic heterocycles. The van der Waals surface area contributed by atoms with Crippen molar-refractivity contribution in [2.24, 2.45) is 0 Å². The third-order valence-corrected chi connectivity index (χ3v) is 2.65. The third-order valence-electron chi connectivity index (χ3n) is 2.65. The molecular weight excluding hydrogens is 214 g/mol. The summed E-state index contributed by atoms with van der Waals surface area (Å²) in [6.07, 6.45) is 1.31. The molecule has 1 aromatic carbocycles. The fraction of sp³-hybridized carbons (Fsp3) is 0.286. The molecule has 0 aliphatic rings. The Morgan fingerprint density at radius 2 is 2.00 bits per heavy atom. The van der Waals surface area contributed by atoms with Crippen molar-refractivity contribution in [2.75, 3.05) is 6.61 Å². The molecule has 0 spiro atoms. The third kappa shape index (κ3) is 3.11. The quantitative estimate of drug-likeness (QED) is 0.854. The summed E-state index contributed by atoms with van der Waals surface area (Å²) in [6.45, 7) is 0.0664. The zero-order valence-corrected chi connectivity index (χ0v) is 9.60. The summed E-state index contributed by atoms with van der Waals surface area (Å²) in [5, 5.41) is 9.74. The van der Waals surface area contributed by atoms with E-state index in [1.165, 1.54) is 0 Å². The Balaban J connectivity index is 2.11. The van der Waals surface area contributed by atoms with Gasteiger partial charge < -0.3 is 5.11 Å². The lowest BCUT2D eigenvalue weighted by Crippen LogP contribution is -2.05. The van der Waals surface area contributed by atoms with Crippen molar-refractivity contribution in [3.63, 3.8) is 0 Å². The first-order chi connectivity index (χ1) is 8.29. The molecule has 3 nitrogen and oxygen atoms in total. The van der Waals surface area contributed by atoms with Crippen molar-refractivity contribution < 1.29 is 9.90 Å². The number of carbonyl (C=O) groups is 1. The summed E-state index contributed by atoms with van der Waals surface area (Å²) in [7, 11) is 0. The van der Waals surface area contributed by atoms with Crippen molar-refractivity contribution >= 4 is 16.7 Å². The fourth-order valence-corrected chi connectivity index (χ4v) is 1.77. The van der Waals surface area contributed by atoms with Crippen molar-refractivity contribution in [3.05, 3.63) is 42.1 Å². The van der Waals surface area contributed by atoms with Gasteiger partial charge in [0, 0.05) is 30.5 Å². The van der Waals surface area contributed by atoms with Crippen LogP contribution in [0.4, 0.5) is 0 Å². The molecule has 0 radical (unpaired) electrons. The standard InChI is InChI=1S/C14H15NO2/c16-9-3-5-13(17)10-12-8-7-11-4-1-2-6-14(11)15-12/h1-2,4,6-8,16H,3,5,9-10H2. The number of rotatable bonds is 5. The Bertz CT molecular complexity index is 522. The van der Waals surface area contributed by atoms with Crippen molar-refractivity contribution in [1.29, 1.82) is 0 Å². The number of aliphatic hydroxyl groups excluding tert-OH is 1. The van der Waals surface area contributed by atoms with Crippen LogP contribution in [0.3, 0.4) is 0 Å². The molecular formula is C14H15NO2. The number of benzene rings is 1. The average molecular weight is 229 g/mol. The molecule has 2 rings (SSSR count). The minimum absolute atomic E-state index is 0.0664. The van der Waals surface area contributed by atoms with Gasteiger partial charge in [-0.05, 0) is 18.6 Å². The van der Waals surface area contributed by atoms with Gasteiger partial charge in [-0.2, -0.15) is 0 Å². The van der Waals surface area contributed by atoms with Gasteiger partial charge in [-0.25, -0.2) is 0 Å². The zero-order valence-electron chi connectivity index (χ0n) is 9.60. The maximum absolute atomic E-state index is 11.6. The Hall–Kier alpha value is -1.74. The summed E-state index contributed by atoms with van der Waals surface area (Å²) in [4.78, 5) is 16.0. The van der Waals surface area contributed by atoms with Crippen LogP contribution in [0.25, 0.3) is 10.9 Å². The van der Waals surface area contributed by atoms with Crippen LogP contribution in [-0.4, -0.2) is 22.5 Å². The molecule has 1 heterocycles. The van der Waals surface area contributed by atoms with Crippen LogP contribution in [0.5, 0.6) is 0 Å². The maximum Gasteiger partial charge on any atom is 0.138 e. The summed E-state index contributed by atoms with van der Waals surface area (Å²) < 4.78 is 0. The highest BCUT2D eigenvalue weighted by atomic mass is 16.3. The lowest BCUT2D eigenvalue weighted by Gasteiger charge is -2.02. The van der Waals surface area contributed by atoms with Gasteiger partial charge >= 0.3 is 0 Å². The second-order valence-corrected chi connectivity index (χ2v) is 4.04. The lowest BCUT2D eigenvalue weighted by molar-refractivity contribution is -0.118. The predicted molar refractivity (Wildman–Crippen MR) is 66.8 cm³/mol. The highest BCUT2D eigenvalue weighted by Gasteiger charge is 2.05. The molecule has 0 amide bonds. The molecule has 88 valence electrons. The minimum Gasteiger partial charge on any atom is -0.396 e. The highest BCUT2D eigenvalue weighted by molar-refractivity contribution is 5.82. The summed E-state index contributed by atoms with van der Waals surface area (Å²) >= 11 is 0. The van der Waals surface area contributed by atoms with E-state index in [4.69, 9.17) is 5.11 Å². The molecule has 1 aromatic heterocycles. The number of nitrogens with zero attached hydrogens (tertiary/aromatic N) is 1. The van der Waals surface area contributed by atoms with Gasteiger partial charge in [-0.3, -0.25) is 9.78 Å². The molecule has 0 fully saturated rings. The number of carbonyl (C=O) groups excluding carboxylic acids is 1. The van der Waals surface area contributed by atoms with Gasteiger partial charge in [0.15, 0.2) is 0 Å². The van der Waals surface area contributed by atoms with E-state index < -0.39 is 0 Å². The van der Waals surface area contributed by atoms with Crippen molar-refractivity contribution in [2.45, 2.75) is 19.3 Å². The molecule has 0 bridgehead atoms. The maximum atomic E-state index is 11.6. The lowest BCUT2D eigenvalue weighted by atomic mass is 10.1. The largest absolute Gasteiger partial charge is 0.396 e. The smallest absolute Gasteiger partial charge is 0.138 e. The molecule has 17 heavy (non-hydrogen) atoms. The van der Waals surface area contributed by atoms with E-state index in [1.807, 2.05) is 36.4 Å². The predicted octanol–water partition coefficient (Wildman–Crippen LogP) is 2.12. The van der Waals surface area contributed by atoms with Crippen LogP contribution >= 0.6 is 0 Å². The fourth-order valence-electron chi connectivity index (χ4n) is 1.77. The minimum atomic E-state index is 0.0664. The average Bonchev–Trinajstić information content (AvgIpc) is 2.36. The first-order valence-electron chi connectivity index (χ1n) is 5.77. The van der Waals surface area contributed by atoms with E-state index in [-0.39, 0.29) is 12.4 Å². The van der Waals surface area contributed by atoms with Crippen LogP contribution in [0, 0.1) is 0 Å². The number of para-hydroxylation sites is 1. The monoisotopic (exact) mass is 229 g/mol. The van der Waals surface area contributed by atoms with E-state index in [0.29, 0.717) is 19.3 Å². The highest BCUT2D eigenvalue weighted by Crippen LogP contribution is 2.12. The van der Waals surface area contributed by atoms with Crippen molar-refractivity contribution in [3.8, 4) is 0 Å². The molecule has 0 aliphatic carbocycles. The number of fused-ring (bicyclic) bond motifs is 1. The second kappa shape index (κ2) is 5.55. The molecule has 0 unspecified atom stereocenters. The van der Waals surface area contributed by atoms with Gasteiger partial charge in [-0.15, -0.1) is 0 Å². The molecule has 0 saturated heterocycles. The van der Waals surface area contributed by atoms with Crippen LogP contribution in [0.1, 0.15) is 18.5 Å². The van der Waals surface area contributed by atoms with E-state index in [2.05, 4.69) is 4.98 Å². The number of aromatic nitrogens is 1. The molecule has 0 saturated carbocycles. The Kier molecular flexibility index (Phi) is 3.83. The topological polar surface area (TPSA) is 50.2 Å². The summed E-state index contributed by atoms with van der Waals surface area (Å²) in [6, 6.07) is 11.7. The van der Waals surface area contributed by atoms with E-state index in [0.717, 1.165) is 16.6 Å². The number of Topliss-reactive ketones (excluding diaryl/α,β-unsaturated/α-hetero) is 1. The van der Waals surface area contributed by atoms with E-state index >= 15 is 0 Å². The molecule has 3 heteroatoms. The molecule has 1 N–H and O–H groups in total. The van der Waals surface area contributed by atoms with Gasteiger partial charge in [0.25, 0.3) is 0 Å². The number of ketones is 1. The number of hydrogen-bond acceptors (Lipinski definition) is 3. The Morgan fingerprint density at radius 3 is 2.82 bits per heavy atom. The van der Waals surface area contributed by atoms with Crippen LogP contribution < -0.4 is 0 Å². The van der Waals surface area contributed by atoms with Crippen LogP contribution in [0.2, 0.25) is 0 Å². The Labute approximate surface area is 100 Å².